The maximum atomic E-state index is 6.06. The highest BCUT2D eigenvalue weighted by atomic mass is 79.9. The Labute approximate surface area is 110 Å². The number of methoxy groups -OCH3 is 1. The van der Waals surface area contributed by atoms with E-state index in [1.165, 1.54) is 0 Å². The van der Waals surface area contributed by atoms with Gasteiger partial charge in [0.15, 0.2) is 0 Å². The average Bonchev–Trinajstić information content (AvgIpc) is 2.25. The first-order valence-electron chi connectivity index (χ1n) is 4.94. The van der Waals surface area contributed by atoms with Crippen LogP contribution in [0.1, 0.15) is 18.5 Å². The van der Waals surface area contributed by atoms with Crippen LogP contribution in [0.15, 0.2) is 29.3 Å². The summed E-state index contributed by atoms with van der Waals surface area (Å²) in [6.45, 7) is 6.58. The molecule has 0 aliphatic heterocycles. The number of benzene rings is 1. The van der Waals surface area contributed by atoms with Gasteiger partial charge in [-0.15, -0.1) is 0 Å². The minimum absolute atomic E-state index is 0.220. The second kappa shape index (κ2) is 6.28. The Hall–Kier alpha value is -0.510. The number of hydrogen-bond donors (Lipinski definition) is 1. The lowest BCUT2D eigenvalue weighted by Crippen LogP contribution is -2.19. The maximum absolute atomic E-state index is 6.06. The number of ether oxygens (including phenoxy) is 1. The van der Waals surface area contributed by atoms with Crippen LogP contribution in [0.5, 0.6) is 5.75 Å². The first-order valence-corrected chi connectivity index (χ1v) is 6.11. The van der Waals surface area contributed by atoms with Crippen molar-refractivity contribution >= 4 is 27.5 Å². The summed E-state index contributed by atoms with van der Waals surface area (Å²) in [7, 11) is 1.61. The summed E-state index contributed by atoms with van der Waals surface area (Å²) >= 11 is 9.37. The molecule has 1 unspecified atom stereocenters. The Balaban J connectivity index is 2.72. The van der Waals surface area contributed by atoms with Crippen LogP contribution in [0.4, 0.5) is 0 Å². The van der Waals surface area contributed by atoms with Crippen molar-refractivity contribution in [3.63, 3.8) is 0 Å². The molecule has 0 amide bonds. The van der Waals surface area contributed by atoms with Gasteiger partial charge in [-0.3, -0.25) is 0 Å². The lowest BCUT2D eigenvalue weighted by molar-refractivity contribution is 0.414. The third-order valence-electron chi connectivity index (χ3n) is 2.28. The van der Waals surface area contributed by atoms with Crippen molar-refractivity contribution in [3.05, 3.63) is 39.8 Å². The minimum atomic E-state index is 0.220. The van der Waals surface area contributed by atoms with E-state index in [4.69, 9.17) is 16.3 Å². The predicted molar refractivity (Wildman–Crippen MR) is 72.5 cm³/mol. The van der Waals surface area contributed by atoms with Crippen molar-refractivity contribution in [3.8, 4) is 5.75 Å². The van der Waals surface area contributed by atoms with E-state index in [0.29, 0.717) is 10.8 Å². The molecule has 0 fully saturated rings. The topological polar surface area (TPSA) is 21.3 Å². The summed E-state index contributed by atoms with van der Waals surface area (Å²) in [6, 6.07) is 6.01. The third-order valence-corrected chi connectivity index (χ3v) is 2.85. The molecular formula is C12H15BrClNO. The number of halogens is 2. The minimum Gasteiger partial charge on any atom is -0.495 e. The molecule has 0 saturated carbocycles. The summed E-state index contributed by atoms with van der Waals surface area (Å²) in [4.78, 5) is 0. The lowest BCUT2D eigenvalue weighted by Gasteiger charge is -2.15. The van der Waals surface area contributed by atoms with E-state index in [1.54, 1.807) is 7.11 Å². The molecule has 1 aromatic rings. The SMILES string of the molecule is C=C(Br)CNC(C)c1ccc(OC)c(Cl)c1. The largest absolute Gasteiger partial charge is 0.495 e. The molecule has 0 heterocycles. The standard InChI is InChI=1S/C12H15BrClNO/c1-8(13)7-15-9(2)10-4-5-12(16-3)11(14)6-10/h4-6,9,15H,1,7H2,2-3H3. The zero-order valence-corrected chi connectivity index (χ0v) is 11.7. The van der Waals surface area contributed by atoms with Crippen molar-refractivity contribution in [1.29, 1.82) is 0 Å². The molecule has 0 aliphatic rings. The first-order chi connectivity index (χ1) is 7.54. The van der Waals surface area contributed by atoms with Gasteiger partial charge < -0.3 is 10.1 Å². The van der Waals surface area contributed by atoms with Crippen molar-refractivity contribution in [2.45, 2.75) is 13.0 Å². The highest BCUT2D eigenvalue weighted by Crippen LogP contribution is 2.27. The van der Waals surface area contributed by atoms with Gasteiger partial charge in [-0.1, -0.05) is 40.2 Å². The van der Waals surface area contributed by atoms with E-state index >= 15 is 0 Å². The Bertz CT molecular complexity index is 381. The molecule has 1 N–H and O–H groups in total. The van der Waals surface area contributed by atoms with Gasteiger partial charge in [0.25, 0.3) is 0 Å². The van der Waals surface area contributed by atoms with Gasteiger partial charge in [-0.05, 0) is 24.6 Å². The quantitative estimate of drug-likeness (QED) is 0.890. The monoisotopic (exact) mass is 303 g/mol. The molecule has 16 heavy (non-hydrogen) atoms. The molecule has 0 aliphatic carbocycles. The van der Waals surface area contributed by atoms with Crippen LogP contribution in [0.3, 0.4) is 0 Å². The van der Waals surface area contributed by atoms with Crippen molar-refractivity contribution < 1.29 is 4.74 Å². The molecule has 1 aromatic carbocycles. The fourth-order valence-corrected chi connectivity index (χ4v) is 1.76. The molecule has 4 heteroatoms. The number of rotatable bonds is 5. The summed E-state index contributed by atoms with van der Waals surface area (Å²) in [5, 5.41) is 3.95. The summed E-state index contributed by atoms with van der Waals surface area (Å²) in [6.07, 6.45) is 0. The normalized spacial score (nSPS) is 12.2. The van der Waals surface area contributed by atoms with E-state index in [1.807, 2.05) is 18.2 Å². The molecule has 0 radical (unpaired) electrons. The maximum Gasteiger partial charge on any atom is 0.137 e. The highest BCUT2D eigenvalue weighted by molar-refractivity contribution is 9.11. The van der Waals surface area contributed by atoms with E-state index in [2.05, 4.69) is 34.7 Å². The van der Waals surface area contributed by atoms with Gasteiger partial charge in [0.1, 0.15) is 5.75 Å². The molecule has 0 spiro atoms. The van der Waals surface area contributed by atoms with Crippen LogP contribution in [-0.4, -0.2) is 13.7 Å². The predicted octanol–water partition coefficient (Wildman–Crippen LogP) is 3.91. The van der Waals surface area contributed by atoms with Crippen molar-refractivity contribution in [2.24, 2.45) is 0 Å². The lowest BCUT2D eigenvalue weighted by atomic mass is 10.1. The number of hydrogen-bond acceptors (Lipinski definition) is 2. The summed E-state index contributed by atoms with van der Waals surface area (Å²) in [5.41, 5.74) is 1.12. The molecule has 1 atom stereocenters. The third kappa shape index (κ3) is 3.81. The van der Waals surface area contributed by atoms with Gasteiger partial charge >= 0.3 is 0 Å². The van der Waals surface area contributed by atoms with Crippen LogP contribution in [0.2, 0.25) is 5.02 Å². The summed E-state index contributed by atoms with van der Waals surface area (Å²) < 4.78 is 6.03. The molecule has 0 bridgehead atoms. The van der Waals surface area contributed by atoms with Gasteiger partial charge in [-0.2, -0.15) is 0 Å². The molecule has 0 saturated heterocycles. The van der Waals surface area contributed by atoms with Gasteiger partial charge in [0.05, 0.1) is 12.1 Å². The fourth-order valence-electron chi connectivity index (χ4n) is 1.33. The molecular weight excluding hydrogens is 289 g/mol. The molecule has 1 rings (SSSR count). The molecule has 0 aromatic heterocycles. The molecule has 2 nitrogen and oxygen atoms in total. The Morgan fingerprint density at radius 1 is 1.62 bits per heavy atom. The Morgan fingerprint density at radius 2 is 2.31 bits per heavy atom. The van der Waals surface area contributed by atoms with Crippen molar-refractivity contribution in [2.75, 3.05) is 13.7 Å². The molecule has 88 valence electrons. The van der Waals surface area contributed by atoms with E-state index in [9.17, 15) is 0 Å². The van der Waals surface area contributed by atoms with Crippen LogP contribution < -0.4 is 10.1 Å². The summed E-state index contributed by atoms with van der Waals surface area (Å²) in [5.74, 6) is 0.697. The zero-order valence-electron chi connectivity index (χ0n) is 9.39. The zero-order chi connectivity index (χ0) is 12.1. The average molecular weight is 305 g/mol. The smallest absolute Gasteiger partial charge is 0.137 e. The Morgan fingerprint density at radius 3 is 2.81 bits per heavy atom. The number of nitrogens with one attached hydrogen (secondary N) is 1. The van der Waals surface area contributed by atoms with E-state index in [-0.39, 0.29) is 6.04 Å². The van der Waals surface area contributed by atoms with Crippen molar-refractivity contribution in [1.82, 2.24) is 5.32 Å². The Kier molecular flexibility index (Phi) is 5.32. The van der Waals surface area contributed by atoms with E-state index < -0.39 is 0 Å². The van der Waals surface area contributed by atoms with Crippen LogP contribution in [-0.2, 0) is 0 Å². The van der Waals surface area contributed by atoms with Crippen LogP contribution in [0.25, 0.3) is 0 Å². The van der Waals surface area contributed by atoms with Crippen LogP contribution >= 0.6 is 27.5 Å². The highest BCUT2D eigenvalue weighted by Gasteiger charge is 2.07. The van der Waals surface area contributed by atoms with Crippen LogP contribution in [0, 0.1) is 0 Å². The first kappa shape index (κ1) is 13.6. The fraction of sp³-hybridized carbons (Fsp3) is 0.333. The van der Waals surface area contributed by atoms with Gasteiger partial charge in [0, 0.05) is 17.1 Å². The van der Waals surface area contributed by atoms with E-state index in [0.717, 1.165) is 16.6 Å². The second-order valence-corrected chi connectivity index (χ2v) is 5.04. The van der Waals surface area contributed by atoms with Gasteiger partial charge in [0.2, 0.25) is 0 Å². The second-order valence-electron chi connectivity index (χ2n) is 3.51. The van der Waals surface area contributed by atoms with Gasteiger partial charge in [-0.25, -0.2) is 0 Å².